The largest absolute Gasteiger partial charge is 0.376 e. The van der Waals surface area contributed by atoms with Gasteiger partial charge < -0.3 is 14.6 Å². The van der Waals surface area contributed by atoms with Crippen LogP contribution in [0.25, 0.3) is 10.9 Å². The van der Waals surface area contributed by atoms with Crippen LogP contribution >= 0.6 is 0 Å². The molecule has 9 nitrogen and oxygen atoms in total. The second-order valence-corrected chi connectivity index (χ2v) is 10.2. The van der Waals surface area contributed by atoms with Gasteiger partial charge in [0.05, 0.1) is 12.6 Å². The average molecular weight is 500 g/mol. The first kappa shape index (κ1) is 23.8. The Morgan fingerprint density at radius 3 is 2.59 bits per heavy atom. The van der Waals surface area contributed by atoms with Gasteiger partial charge in [-0.25, -0.2) is 4.68 Å². The number of tetrazole rings is 1. The number of anilines is 1. The second kappa shape index (κ2) is 10.1. The molecule has 0 bridgehead atoms. The number of H-pyrrole nitrogens is 1. The molecule has 4 aromatic rings. The molecular formula is C28H33N7O2. The first-order chi connectivity index (χ1) is 18.1. The molecule has 2 fully saturated rings. The standard InChI is InChI=1S/C28H33N7O2/c1-19-15-21-17-24(28(36)29-25(21)16-20(19)2)26(27-30-31-32-35(27)18-23-9-6-14-37-23)34-12-10-33(11-13-34)22-7-4-3-5-8-22/h3-5,7-8,15-17,23,26H,6,9-14,18H2,1-2H3,(H,29,36). The highest BCUT2D eigenvalue weighted by molar-refractivity contribution is 5.81. The van der Waals surface area contributed by atoms with E-state index in [0.29, 0.717) is 17.9 Å². The van der Waals surface area contributed by atoms with Gasteiger partial charge in [-0.05, 0) is 84.0 Å². The maximum absolute atomic E-state index is 13.6. The van der Waals surface area contributed by atoms with Crippen molar-refractivity contribution in [3.05, 3.63) is 81.4 Å². The number of para-hydroxylation sites is 1. The normalized spacial score (nSPS) is 19.5. The van der Waals surface area contributed by atoms with Crippen molar-refractivity contribution in [3.8, 4) is 0 Å². The van der Waals surface area contributed by atoms with Crippen molar-refractivity contribution in [2.24, 2.45) is 0 Å². The van der Waals surface area contributed by atoms with Gasteiger partial charge in [0.15, 0.2) is 5.82 Å². The number of aryl methyl sites for hydroxylation is 2. The minimum absolute atomic E-state index is 0.0957. The maximum atomic E-state index is 13.6. The van der Waals surface area contributed by atoms with Gasteiger partial charge in [0.1, 0.15) is 6.04 Å². The van der Waals surface area contributed by atoms with E-state index in [-0.39, 0.29) is 17.7 Å². The zero-order chi connectivity index (χ0) is 25.4. The van der Waals surface area contributed by atoms with E-state index in [2.05, 4.69) is 74.5 Å². The molecule has 2 atom stereocenters. The van der Waals surface area contributed by atoms with Crippen LogP contribution in [-0.2, 0) is 11.3 Å². The molecule has 0 aliphatic carbocycles. The van der Waals surface area contributed by atoms with Gasteiger partial charge in [0.2, 0.25) is 0 Å². The number of fused-ring (bicyclic) bond motifs is 1. The van der Waals surface area contributed by atoms with Crippen molar-refractivity contribution >= 4 is 16.6 Å². The highest BCUT2D eigenvalue weighted by Gasteiger charge is 2.33. The third-order valence-corrected chi connectivity index (χ3v) is 7.79. The van der Waals surface area contributed by atoms with Gasteiger partial charge in [-0.3, -0.25) is 9.69 Å². The van der Waals surface area contributed by atoms with Crippen LogP contribution in [0.4, 0.5) is 5.69 Å². The van der Waals surface area contributed by atoms with Crippen LogP contribution in [0.15, 0.2) is 53.3 Å². The molecule has 2 aliphatic rings. The van der Waals surface area contributed by atoms with Crippen molar-refractivity contribution in [2.45, 2.75) is 45.4 Å². The predicted octanol–water partition coefficient (Wildman–Crippen LogP) is 3.22. The van der Waals surface area contributed by atoms with Crippen LogP contribution in [0.5, 0.6) is 0 Å². The summed E-state index contributed by atoms with van der Waals surface area (Å²) in [5, 5.41) is 13.9. The number of piperazine rings is 1. The lowest BCUT2D eigenvalue weighted by Crippen LogP contribution is -2.49. The molecule has 0 saturated carbocycles. The number of benzene rings is 2. The summed E-state index contributed by atoms with van der Waals surface area (Å²) in [7, 11) is 0. The van der Waals surface area contributed by atoms with Crippen molar-refractivity contribution in [1.82, 2.24) is 30.1 Å². The fourth-order valence-electron chi connectivity index (χ4n) is 5.59. The summed E-state index contributed by atoms with van der Waals surface area (Å²) < 4.78 is 7.72. The van der Waals surface area contributed by atoms with E-state index in [0.717, 1.165) is 62.1 Å². The van der Waals surface area contributed by atoms with E-state index in [1.54, 1.807) is 0 Å². The summed E-state index contributed by atoms with van der Waals surface area (Å²) in [6.45, 7) is 8.82. The Hall–Kier alpha value is -3.56. The lowest BCUT2D eigenvalue weighted by Gasteiger charge is -2.39. The van der Waals surface area contributed by atoms with Crippen LogP contribution < -0.4 is 10.5 Å². The first-order valence-electron chi connectivity index (χ1n) is 13.1. The highest BCUT2D eigenvalue weighted by Crippen LogP contribution is 2.30. The van der Waals surface area contributed by atoms with Crippen molar-refractivity contribution < 1.29 is 4.74 Å². The summed E-state index contributed by atoms with van der Waals surface area (Å²) in [5.74, 6) is 0.692. The number of hydrogen-bond donors (Lipinski definition) is 1. The molecule has 37 heavy (non-hydrogen) atoms. The second-order valence-electron chi connectivity index (χ2n) is 10.2. The molecule has 2 aromatic carbocycles. The Balaban J connectivity index is 1.38. The minimum Gasteiger partial charge on any atom is -0.376 e. The Labute approximate surface area is 216 Å². The minimum atomic E-state index is -0.357. The number of ether oxygens (including phenoxy) is 1. The number of aromatic amines is 1. The molecule has 9 heteroatoms. The van der Waals surface area contributed by atoms with Gasteiger partial charge in [-0.2, -0.15) is 0 Å². The zero-order valence-corrected chi connectivity index (χ0v) is 21.4. The molecule has 0 radical (unpaired) electrons. The summed E-state index contributed by atoms with van der Waals surface area (Å²) in [6.07, 6.45) is 2.14. The monoisotopic (exact) mass is 499 g/mol. The highest BCUT2D eigenvalue weighted by atomic mass is 16.5. The number of hydrogen-bond acceptors (Lipinski definition) is 7. The molecule has 2 unspecified atom stereocenters. The molecule has 0 amide bonds. The molecule has 192 valence electrons. The SMILES string of the molecule is Cc1cc2cc(C(c3nnnn3CC3CCCO3)N3CCN(c4ccccc4)CC3)c(=O)[nH]c2cc1C. The number of nitrogens with zero attached hydrogens (tertiary/aromatic N) is 6. The predicted molar refractivity (Wildman–Crippen MR) is 143 cm³/mol. The first-order valence-corrected chi connectivity index (χ1v) is 13.1. The maximum Gasteiger partial charge on any atom is 0.253 e. The number of nitrogens with one attached hydrogen (secondary N) is 1. The molecule has 0 spiro atoms. The molecule has 2 saturated heterocycles. The fourth-order valence-corrected chi connectivity index (χ4v) is 5.59. The molecule has 2 aromatic heterocycles. The third-order valence-electron chi connectivity index (χ3n) is 7.79. The van der Waals surface area contributed by atoms with Crippen LogP contribution in [-0.4, -0.2) is 69.0 Å². The van der Waals surface area contributed by atoms with E-state index in [4.69, 9.17) is 4.74 Å². The quantitative estimate of drug-likeness (QED) is 0.435. The molecular weight excluding hydrogens is 466 g/mol. The van der Waals surface area contributed by atoms with E-state index in [1.165, 1.54) is 11.3 Å². The Morgan fingerprint density at radius 2 is 1.84 bits per heavy atom. The van der Waals surface area contributed by atoms with E-state index in [1.807, 2.05) is 22.9 Å². The van der Waals surface area contributed by atoms with Crippen molar-refractivity contribution in [1.29, 1.82) is 0 Å². The molecule has 6 rings (SSSR count). The Bertz CT molecular complexity index is 1430. The van der Waals surface area contributed by atoms with E-state index >= 15 is 0 Å². The topological polar surface area (TPSA) is 92.2 Å². The van der Waals surface area contributed by atoms with Gasteiger partial charge in [0.25, 0.3) is 5.56 Å². The molecule has 2 aliphatic heterocycles. The summed E-state index contributed by atoms with van der Waals surface area (Å²) >= 11 is 0. The summed E-state index contributed by atoms with van der Waals surface area (Å²) in [4.78, 5) is 21.4. The summed E-state index contributed by atoms with van der Waals surface area (Å²) in [5.41, 5.74) is 5.00. The van der Waals surface area contributed by atoms with Gasteiger partial charge >= 0.3 is 0 Å². The van der Waals surface area contributed by atoms with E-state index < -0.39 is 0 Å². The third kappa shape index (κ3) is 4.76. The Morgan fingerprint density at radius 1 is 1.05 bits per heavy atom. The average Bonchev–Trinajstić information content (AvgIpc) is 3.60. The summed E-state index contributed by atoms with van der Waals surface area (Å²) in [6, 6.07) is 16.3. The van der Waals surface area contributed by atoms with Gasteiger partial charge in [0, 0.05) is 49.6 Å². The van der Waals surface area contributed by atoms with E-state index in [9.17, 15) is 4.79 Å². The lowest BCUT2D eigenvalue weighted by molar-refractivity contribution is 0.0906. The molecule has 1 N–H and O–H groups in total. The van der Waals surface area contributed by atoms with Crippen LogP contribution in [0.3, 0.4) is 0 Å². The van der Waals surface area contributed by atoms with Crippen LogP contribution in [0.1, 0.15) is 41.4 Å². The Kier molecular flexibility index (Phi) is 6.48. The van der Waals surface area contributed by atoms with Crippen LogP contribution in [0.2, 0.25) is 0 Å². The zero-order valence-electron chi connectivity index (χ0n) is 21.4. The van der Waals surface area contributed by atoms with Gasteiger partial charge in [-0.1, -0.05) is 18.2 Å². The van der Waals surface area contributed by atoms with Crippen molar-refractivity contribution in [3.63, 3.8) is 0 Å². The van der Waals surface area contributed by atoms with Gasteiger partial charge in [-0.15, -0.1) is 5.10 Å². The lowest BCUT2D eigenvalue weighted by atomic mass is 10.00. The van der Waals surface area contributed by atoms with Crippen molar-refractivity contribution in [2.75, 3.05) is 37.7 Å². The fraction of sp³-hybridized carbons (Fsp3) is 0.429. The number of rotatable bonds is 6. The van der Waals surface area contributed by atoms with Crippen LogP contribution in [0, 0.1) is 13.8 Å². The smallest absolute Gasteiger partial charge is 0.253 e. The molecule has 4 heterocycles. The number of pyridine rings is 1. The number of aromatic nitrogens is 5.